The summed E-state index contributed by atoms with van der Waals surface area (Å²) in [5.74, 6) is 0.582. The van der Waals surface area contributed by atoms with Gasteiger partial charge in [-0.15, -0.1) is 0 Å². The summed E-state index contributed by atoms with van der Waals surface area (Å²) in [6.07, 6.45) is 1.50. The largest absolute Gasteiger partial charge is 0.493 e. The summed E-state index contributed by atoms with van der Waals surface area (Å²) in [5.41, 5.74) is 3.76. The predicted molar refractivity (Wildman–Crippen MR) is 111 cm³/mol. The number of aryl methyl sites for hydroxylation is 2. The fourth-order valence-electron chi connectivity index (χ4n) is 2.66. The highest BCUT2D eigenvalue weighted by molar-refractivity contribution is 7.22. The highest BCUT2D eigenvalue weighted by Crippen LogP contribution is 2.30. The number of carbonyl (C=O) groups excluding carboxylic acids is 1. The van der Waals surface area contributed by atoms with Crippen LogP contribution in [-0.4, -0.2) is 25.1 Å². The van der Waals surface area contributed by atoms with Crippen molar-refractivity contribution >= 4 is 38.7 Å². The Bertz CT molecular complexity index is 1090. The first kappa shape index (κ1) is 19.4. The number of thiazole rings is 1. The Morgan fingerprint density at radius 2 is 1.86 bits per heavy atom. The maximum Gasteiger partial charge on any atom is 0.268 e. The van der Waals surface area contributed by atoms with E-state index in [1.54, 1.807) is 25.3 Å². The molecule has 0 saturated carbocycles. The quantitative estimate of drug-likeness (QED) is 0.510. The molecule has 1 aromatic heterocycles. The lowest BCUT2D eigenvalue weighted by Gasteiger charge is -2.08. The second-order valence-electron chi connectivity index (χ2n) is 6.16. The first-order valence-electron chi connectivity index (χ1n) is 8.48. The smallest absolute Gasteiger partial charge is 0.268 e. The van der Waals surface area contributed by atoms with Crippen molar-refractivity contribution in [2.45, 2.75) is 13.8 Å². The lowest BCUT2D eigenvalue weighted by molar-refractivity contribution is -0.112. The molecule has 28 heavy (non-hydrogen) atoms. The SMILES string of the molecule is COc1ccc(/C=C(\C#N)C(=O)Nc2nc3cc(C)c(C)cc3s2)cc1OC. The number of benzene rings is 2. The maximum atomic E-state index is 12.5. The zero-order chi connectivity index (χ0) is 20.3. The predicted octanol–water partition coefficient (Wildman–Crippen LogP) is 4.48. The highest BCUT2D eigenvalue weighted by Gasteiger charge is 2.14. The molecule has 1 N–H and O–H groups in total. The summed E-state index contributed by atoms with van der Waals surface area (Å²) >= 11 is 1.38. The van der Waals surface area contributed by atoms with E-state index >= 15 is 0 Å². The van der Waals surface area contributed by atoms with Crippen molar-refractivity contribution in [2.24, 2.45) is 0 Å². The average Bonchev–Trinajstić information content (AvgIpc) is 3.06. The minimum absolute atomic E-state index is 0.0289. The van der Waals surface area contributed by atoms with Crippen molar-refractivity contribution in [3.63, 3.8) is 0 Å². The summed E-state index contributed by atoms with van der Waals surface area (Å²) in [5, 5.41) is 12.6. The van der Waals surface area contributed by atoms with Crippen LogP contribution in [0.1, 0.15) is 16.7 Å². The van der Waals surface area contributed by atoms with Gasteiger partial charge in [-0.25, -0.2) is 4.98 Å². The van der Waals surface area contributed by atoms with Gasteiger partial charge in [0.15, 0.2) is 16.6 Å². The Kier molecular flexibility index (Phi) is 5.62. The number of carbonyl (C=O) groups is 1. The molecule has 1 amide bonds. The summed E-state index contributed by atoms with van der Waals surface area (Å²) in [6.45, 7) is 4.05. The van der Waals surface area contributed by atoms with Crippen molar-refractivity contribution in [3.8, 4) is 17.6 Å². The Morgan fingerprint density at radius 1 is 1.14 bits per heavy atom. The minimum Gasteiger partial charge on any atom is -0.493 e. The number of nitrogens with one attached hydrogen (secondary N) is 1. The molecular formula is C21H19N3O3S. The van der Waals surface area contributed by atoms with E-state index in [0.29, 0.717) is 22.2 Å². The molecule has 0 saturated heterocycles. The summed E-state index contributed by atoms with van der Waals surface area (Å²) < 4.78 is 11.4. The van der Waals surface area contributed by atoms with Crippen LogP contribution < -0.4 is 14.8 Å². The van der Waals surface area contributed by atoms with Crippen LogP contribution in [0.4, 0.5) is 5.13 Å². The van der Waals surface area contributed by atoms with E-state index in [1.165, 1.54) is 30.1 Å². The third-order valence-electron chi connectivity index (χ3n) is 4.31. The monoisotopic (exact) mass is 393 g/mol. The second kappa shape index (κ2) is 8.11. The van der Waals surface area contributed by atoms with Crippen molar-refractivity contribution in [3.05, 3.63) is 52.6 Å². The Labute approximate surface area is 167 Å². The van der Waals surface area contributed by atoms with Crippen LogP contribution in [0, 0.1) is 25.2 Å². The van der Waals surface area contributed by atoms with Gasteiger partial charge in [0, 0.05) is 0 Å². The third-order valence-corrected chi connectivity index (χ3v) is 5.24. The molecule has 2 aromatic carbocycles. The van der Waals surface area contributed by atoms with Gasteiger partial charge in [0.25, 0.3) is 5.91 Å². The molecule has 0 bridgehead atoms. The van der Waals surface area contributed by atoms with Gasteiger partial charge in [-0.2, -0.15) is 5.26 Å². The summed E-state index contributed by atoms with van der Waals surface area (Å²) in [7, 11) is 3.07. The number of nitriles is 1. The number of methoxy groups -OCH3 is 2. The first-order chi connectivity index (χ1) is 13.4. The standard InChI is InChI=1S/C21H19N3O3S/c1-12-7-16-19(8-13(12)2)28-21(23-16)24-20(25)15(11-22)9-14-5-6-17(26-3)18(10-14)27-4/h5-10H,1-4H3,(H,23,24,25)/b15-9+. The van der Waals surface area contributed by atoms with Gasteiger partial charge in [0.2, 0.25) is 0 Å². The number of ether oxygens (including phenoxy) is 2. The van der Waals surface area contributed by atoms with Gasteiger partial charge >= 0.3 is 0 Å². The molecule has 1 heterocycles. The second-order valence-corrected chi connectivity index (χ2v) is 7.19. The highest BCUT2D eigenvalue weighted by atomic mass is 32.1. The van der Waals surface area contributed by atoms with Gasteiger partial charge < -0.3 is 9.47 Å². The van der Waals surface area contributed by atoms with Gasteiger partial charge in [-0.05, 0) is 60.9 Å². The van der Waals surface area contributed by atoms with Crippen LogP contribution in [-0.2, 0) is 4.79 Å². The zero-order valence-corrected chi connectivity index (χ0v) is 16.8. The normalized spacial score (nSPS) is 11.2. The van der Waals surface area contributed by atoms with E-state index in [1.807, 2.05) is 32.0 Å². The number of hydrogen-bond acceptors (Lipinski definition) is 6. The number of amides is 1. The minimum atomic E-state index is -0.509. The van der Waals surface area contributed by atoms with Gasteiger partial charge in [-0.3, -0.25) is 10.1 Å². The number of aromatic nitrogens is 1. The Balaban J connectivity index is 1.86. The summed E-state index contributed by atoms with van der Waals surface area (Å²) in [6, 6.07) is 11.1. The first-order valence-corrected chi connectivity index (χ1v) is 9.29. The average molecular weight is 393 g/mol. The van der Waals surface area contributed by atoms with Crippen molar-refractivity contribution in [1.82, 2.24) is 4.98 Å². The van der Waals surface area contributed by atoms with Crippen LogP contribution in [0.2, 0.25) is 0 Å². The number of nitrogens with zero attached hydrogens (tertiary/aromatic N) is 2. The third kappa shape index (κ3) is 3.97. The molecule has 0 aliphatic carbocycles. The molecule has 0 spiro atoms. The molecule has 0 aliphatic rings. The molecule has 3 aromatic rings. The number of anilines is 1. The molecule has 6 nitrogen and oxygen atoms in total. The molecule has 0 radical (unpaired) electrons. The van der Waals surface area contributed by atoms with Crippen LogP contribution in [0.5, 0.6) is 11.5 Å². The van der Waals surface area contributed by atoms with Crippen LogP contribution >= 0.6 is 11.3 Å². The molecule has 0 aliphatic heterocycles. The fraction of sp³-hybridized carbons (Fsp3) is 0.190. The number of hydrogen-bond donors (Lipinski definition) is 1. The van der Waals surface area contributed by atoms with Crippen molar-refractivity contribution < 1.29 is 14.3 Å². The van der Waals surface area contributed by atoms with E-state index in [-0.39, 0.29) is 5.57 Å². The van der Waals surface area contributed by atoms with E-state index in [0.717, 1.165) is 15.8 Å². The maximum absolute atomic E-state index is 12.5. The van der Waals surface area contributed by atoms with Crippen LogP contribution in [0.3, 0.4) is 0 Å². The van der Waals surface area contributed by atoms with E-state index in [9.17, 15) is 10.1 Å². The van der Waals surface area contributed by atoms with E-state index < -0.39 is 5.91 Å². The molecule has 142 valence electrons. The van der Waals surface area contributed by atoms with E-state index in [2.05, 4.69) is 10.3 Å². The van der Waals surface area contributed by atoms with E-state index in [4.69, 9.17) is 9.47 Å². The zero-order valence-electron chi connectivity index (χ0n) is 16.0. The van der Waals surface area contributed by atoms with Crippen LogP contribution in [0.15, 0.2) is 35.9 Å². The molecule has 3 rings (SSSR count). The van der Waals surface area contributed by atoms with Crippen molar-refractivity contribution in [1.29, 1.82) is 5.26 Å². The lowest BCUT2D eigenvalue weighted by atomic mass is 10.1. The topological polar surface area (TPSA) is 84.2 Å². The molecule has 0 fully saturated rings. The number of fused-ring (bicyclic) bond motifs is 1. The van der Waals surface area contributed by atoms with Crippen LogP contribution in [0.25, 0.3) is 16.3 Å². The molecule has 0 atom stereocenters. The lowest BCUT2D eigenvalue weighted by Crippen LogP contribution is -2.13. The molecular weight excluding hydrogens is 374 g/mol. The van der Waals surface area contributed by atoms with Crippen molar-refractivity contribution in [2.75, 3.05) is 19.5 Å². The van der Waals surface area contributed by atoms with Gasteiger partial charge in [0.1, 0.15) is 11.6 Å². The fourth-order valence-corrected chi connectivity index (χ4v) is 3.60. The molecule has 7 heteroatoms. The molecule has 0 unspecified atom stereocenters. The summed E-state index contributed by atoms with van der Waals surface area (Å²) in [4.78, 5) is 17.0. The Hall–Kier alpha value is -3.37. The Morgan fingerprint density at radius 3 is 2.54 bits per heavy atom. The van der Waals surface area contributed by atoms with Gasteiger partial charge in [-0.1, -0.05) is 17.4 Å². The van der Waals surface area contributed by atoms with Gasteiger partial charge in [0.05, 0.1) is 24.4 Å². The number of rotatable bonds is 5.